The van der Waals surface area contributed by atoms with Crippen LogP contribution in [0.3, 0.4) is 0 Å². The molecular weight excluding hydrogens is 443 g/mol. The first-order valence-electron chi connectivity index (χ1n) is 10.5. The van der Waals surface area contributed by atoms with Gasteiger partial charge in [-0.05, 0) is 24.5 Å². The second kappa shape index (κ2) is 11.1. The van der Waals surface area contributed by atoms with Crippen molar-refractivity contribution in [3.8, 4) is 28.3 Å². The second-order valence-corrected chi connectivity index (χ2v) is 7.88. The highest BCUT2D eigenvalue weighted by atomic mass is 35.5. The van der Waals surface area contributed by atoms with Gasteiger partial charge in [0.1, 0.15) is 6.07 Å². The largest absolute Gasteiger partial charge is 0.275 e. The first kappa shape index (κ1) is 25.4. The van der Waals surface area contributed by atoms with Gasteiger partial charge in [0.15, 0.2) is 0 Å². The van der Waals surface area contributed by atoms with Crippen molar-refractivity contribution in [2.75, 3.05) is 0 Å². The molecule has 4 rings (SSSR count). The Bertz CT molecular complexity index is 1200. The molecule has 4 heterocycles. The molecule has 0 bridgehead atoms. The zero-order valence-corrected chi connectivity index (χ0v) is 20.2. The normalized spacial score (nSPS) is 11.4. The lowest BCUT2D eigenvalue weighted by Crippen LogP contribution is -1.98. The van der Waals surface area contributed by atoms with E-state index in [0.29, 0.717) is 11.5 Å². The third-order valence-electron chi connectivity index (χ3n) is 5.61. The van der Waals surface area contributed by atoms with Crippen LogP contribution < -0.4 is 0 Å². The highest BCUT2D eigenvalue weighted by molar-refractivity contribution is 5.87. The predicted octanol–water partition coefficient (Wildman–Crippen LogP) is 6.20. The minimum absolute atomic E-state index is 0. The summed E-state index contributed by atoms with van der Waals surface area (Å²) in [6, 6.07) is 8.57. The minimum atomic E-state index is 0. The summed E-state index contributed by atoms with van der Waals surface area (Å²) in [6.45, 7) is 4.47. The fraction of sp³-hybridized carbons (Fsp3) is 0.333. The minimum Gasteiger partial charge on any atom is -0.275 e. The van der Waals surface area contributed by atoms with Crippen molar-refractivity contribution in [3.63, 3.8) is 0 Å². The SMILES string of the molecule is CCCCCC(C)c1ccc(-c2cc(-c3cnn(C)c3)cn3ncc(C#N)c23)cn1.Cl.Cl. The Labute approximate surface area is 201 Å². The Hall–Kier alpha value is -2.88. The van der Waals surface area contributed by atoms with E-state index in [1.54, 1.807) is 15.4 Å². The van der Waals surface area contributed by atoms with Crippen molar-refractivity contribution in [2.24, 2.45) is 7.05 Å². The van der Waals surface area contributed by atoms with Crippen LogP contribution in [0.15, 0.2) is 49.2 Å². The number of hydrogen-bond acceptors (Lipinski definition) is 4. The molecule has 0 amide bonds. The number of hydrogen-bond donors (Lipinski definition) is 0. The average molecular weight is 471 g/mol. The van der Waals surface area contributed by atoms with E-state index >= 15 is 0 Å². The van der Waals surface area contributed by atoms with Crippen LogP contribution in [-0.2, 0) is 7.05 Å². The molecule has 1 atom stereocenters. The number of aromatic nitrogens is 5. The fourth-order valence-electron chi connectivity index (χ4n) is 3.86. The van der Waals surface area contributed by atoms with Gasteiger partial charge in [-0.25, -0.2) is 4.52 Å². The van der Waals surface area contributed by atoms with E-state index in [4.69, 9.17) is 4.98 Å². The standard InChI is InChI=1S/C24H26N6.2ClH/c1-4-5-6-7-17(2)23-9-8-18(12-26-23)22-10-19(21-14-27-29(3)15-21)16-30-24(22)20(11-25)13-28-30;;/h8-10,12-17H,4-7H2,1-3H3;2*1H. The third kappa shape index (κ3) is 5.12. The lowest BCUT2D eigenvalue weighted by molar-refractivity contribution is 0.588. The molecule has 8 heteroatoms. The highest BCUT2D eigenvalue weighted by Crippen LogP contribution is 2.32. The molecule has 0 N–H and O–H groups in total. The lowest BCUT2D eigenvalue weighted by Gasteiger charge is -2.12. The molecule has 32 heavy (non-hydrogen) atoms. The van der Waals surface area contributed by atoms with Crippen LogP contribution in [-0.4, -0.2) is 24.4 Å². The summed E-state index contributed by atoms with van der Waals surface area (Å²) in [4.78, 5) is 4.76. The summed E-state index contributed by atoms with van der Waals surface area (Å²) < 4.78 is 3.55. The van der Waals surface area contributed by atoms with Crippen molar-refractivity contribution in [1.29, 1.82) is 5.26 Å². The van der Waals surface area contributed by atoms with Crippen molar-refractivity contribution < 1.29 is 0 Å². The van der Waals surface area contributed by atoms with Crippen LogP contribution in [0.2, 0.25) is 0 Å². The number of halogens is 2. The molecule has 0 saturated heterocycles. The summed E-state index contributed by atoms with van der Waals surface area (Å²) in [6.07, 6.45) is 14.2. The molecule has 168 valence electrons. The molecule has 0 aliphatic rings. The second-order valence-electron chi connectivity index (χ2n) is 7.88. The number of unbranched alkanes of at least 4 members (excludes halogenated alkanes) is 2. The Morgan fingerprint density at radius 2 is 1.81 bits per heavy atom. The van der Waals surface area contributed by atoms with Gasteiger partial charge in [0, 0.05) is 53.6 Å². The Balaban J connectivity index is 0.00000181. The zero-order chi connectivity index (χ0) is 21.1. The monoisotopic (exact) mass is 470 g/mol. The molecule has 0 radical (unpaired) electrons. The summed E-state index contributed by atoms with van der Waals surface area (Å²) in [5.74, 6) is 0.442. The van der Waals surface area contributed by atoms with Gasteiger partial charge in [-0.15, -0.1) is 24.8 Å². The van der Waals surface area contributed by atoms with Crippen LogP contribution in [0.25, 0.3) is 27.8 Å². The summed E-state index contributed by atoms with van der Waals surface area (Å²) in [7, 11) is 1.90. The molecule has 0 fully saturated rings. The first-order chi connectivity index (χ1) is 14.6. The highest BCUT2D eigenvalue weighted by Gasteiger charge is 2.15. The van der Waals surface area contributed by atoms with Crippen LogP contribution >= 0.6 is 24.8 Å². The predicted molar refractivity (Wildman–Crippen MR) is 132 cm³/mol. The quantitative estimate of drug-likeness (QED) is 0.301. The Morgan fingerprint density at radius 3 is 2.44 bits per heavy atom. The Kier molecular flexibility index (Phi) is 8.82. The smallest absolute Gasteiger partial charge is 0.103 e. The number of nitrogens with zero attached hydrogens (tertiary/aromatic N) is 6. The average Bonchev–Trinajstić information content (AvgIpc) is 3.39. The third-order valence-corrected chi connectivity index (χ3v) is 5.61. The first-order valence-corrected chi connectivity index (χ1v) is 10.5. The van der Waals surface area contributed by atoms with Crippen molar-refractivity contribution in [3.05, 3.63) is 60.4 Å². The molecule has 1 unspecified atom stereocenters. The topological polar surface area (TPSA) is 71.8 Å². The summed E-state index contributed by atoms with van der Waals surface area (Å²) in [5.41, 5.74) is 6.40. The van der Waals surface area contributed by atoms with Gasteiger partial charge in [-0.3, -0.25) is 9.67 Å². The van der Waals surface area contributed by atoms with Crippen LogP contribution in [0.1, 0.15) is 56.7 Å². The van der Waals surface area contributed by atoms with E-state index < -0.39 is 0 Å². The maximum atomic E-state index is 9.57. The summed E-state index contributed by atoms with van der Waals surface area (Å²) in [5, 5.41) is 18.3. The van der Waals surface area contributed by atoms with E-state index in [1.165, 1.54) is 19.3 Å². The van der Waals surface area contributed by atoms with Gasteiger partial charge in [-0.1, -0.05) is 39.2 Å². The van der Waals surface area contributed by atoms with Crippen LogP contribution in [0.4, 0.5) is 0 Å². The molecule has 0 aromatic carbocycles. The van der Waals surface area contributed by atoms with Gasteiger partial charge in [0.2, 0.25) is 0 Å². The van der Waals surface area contributed by atoms with Gasteiger partial charge >= 0.3 is 0 Å². The molecule has 0 aliphatic carbocycles. The molecule has 0 spiro atoms. The van der Waals surface area contributed by atoms with Crippen molar-refractivity contribution >= 4 is 30.3 Å². The fourth-order valence-corrected chi connectivity index (χ4v) is 3.86. The number of nitriles is 1. The van der Waals surface area contributed by atoms with E-state index in [9.17, 15) is 5.26 Å². The van der Waals surface area contributed by atoms with E-state index in [1.807, 2.05) is 31.8 Å². The van der Waals surface area contributed by atoms with E-state index in [-0.39, 0.29) is 24.8 Å². The zero-order valence-electron chi connectivity index (χ0n) is 18.5. The number of rotatable bonds is 7. The number of pyridine rings is 2. The lowest BCUT2D eigenvalue weighted by atomic mass is 9.97. The van der Waals surface area contributed by atoms with Crippen LogP contribution in [0, 0.1) is 11.3 Å². The molecular formula is C24H28Cl2N6. The van der Waals surface area contributed by atoms with Gasteiger partial charge in [0.05, 0.1) is 23.5 Å². The van der Waals surface area contributed by atoms with Crippen molar-refractivity contribution in [1.82, 2.24) is 24.4 Å². The molecule has 6 nitrogen and oxygen atoms in total. The summed E-state index contributed by atoms with van der Waals surface area (Å²) >= 11 is 0. The number of fused-ring (bicyclic) bond motifs is 1. The molecule has 4 aromatic heterocycles. The molecule has 4 aromatic rings. The maximum Gasteiger partial charge on any atom is 0.103 e. The van der Waals surface area contributed by atoms with Gasteiger partial charge in [-0.2, -0.15) is 15.5 Å². The van der Waals surface area contributed by atoms with Crippen LogP contribution in [0.5, 0.6) is 0 Å². The van der Waals surface area contributed by atoms with Gasteiger partial charge in [0.25, 0.3) is 0 Å². The molecule has 0 aliphatic heterocycles. The Morgan fingerprint density at radius 1 is 1.00 bits per heavy atom. The van der Waals surface area contributed by atoms with Crippen molar-refractivity contribution in [2.45, 2.75) is 45.4 Å². The van der Waals surface area contributed by atoms with E-state index in [2.05, 4.69) is 48.3 Å². The molecule has 0 saturated carbocycles. The van der Waals surface area contributed by atoms with Gasteiger partial charge < -0.3 is 0 Å². The maximum absolute atomic E-state index is 9.57. The number of aryl methyl sites for hydroxylation is 1. The van der Waals surface area contributed by atoms with E-state index in [0.717, 1.165) is 39.9 Å².